The molecule has 0 fully saturated rings. The van der Waals surface area contributed by atoms with Crippen LogP contribution in [0.15, 0.2) is 94.3 Å². The monoisotopic (exact) mass is 602 g/mol. The number of carboxylic acids is 1. The zero-order valence-corrected chi connectivity index (χ0v) is 22.5. The van der Waals surface area contributed by atoms with Gasteiger partial charge in [-0.15, -0.1) is 0 Å². The average molecular weight is 603 g/mol. The van der Waals surface area contributed by atoms with Crippen molar-refractivity contribution in [2.45, 2.75) is 18.1 Å². The van der Waals surface area contributed by atoms with Gasteiger partial charge in [-0.2, -0.15) is 18.4 Å². The van der Waals surface area contributed by atoms with Gasteiger partial charge < -0.3 is 19.6 Å². The number of benzene rings is 3. The van der Waals surface area contributed by atoms with Crippen molar-refractivity contribution in [3.8, 4) is 22.9 Å². The molecule has 5 aromatic rings. The maximum absolute atomic E-state index is 13.6. The number of halogens is 3. The number of H-pyrrole nitrogens is 1. The minimum atomic E-state index is -5.08. The van der Waals surface area contributed by atoms with Crippen LogP contribution in [0.4, 0.5) is 13.2 Å². The van der Waals surface area contributed by atoms with Crippen molar-refractivity contribution in [1.29, 1.82) is 5.26 Å². The normalized spacial score (nSPS) is 15.6. The largest absolute Gasteiger partial charge is 0.491 e. The highest BCUT2D eigenvalue weighted by Gasteiger charge is 2.42. The maximum atomic E-state index is 13.6. The van der Waals surface area contributed by atoms with E-state index in [9.17, 15) is 22.8 Å². The molecule has 2 aromatic heterocycles. The minimum absolute atomic E-state index is 0.321. The van der Waals surface area contributed by atoms with E-state index in [0.29, 0.717) is 46.7 Å². The first-order valence-electron chi connectivity index (χ1n) is 12.9. The summed E-state index contributed by atoms with van der Waals surface area (Å²) in [4.78, 5) is 41.2. The standard InChI is InChI=1S/C29H20N4O4.C2HF3O2/c30-17-18-3-5-19(6-4-18)20-7-10-22(11-8-20)29(13-15-36-25-2-1-14-31-26(25)29)33-27(34)21-9-12-24-23(16-21)32-28(35)37-24;3-2(4,5)1(6)7/h1-12,14,16H,13,15H2,(H,32,35)(H,33,34);(H,6,7)/t29-;/m1./s1. The quantitative estimate of drug-likeness (QED) is 0.255. The molecule has 1 atom stereocenters. The maximum Gasteiger partial charge on any atom is 0.490 e. The van der Waals surface area contributed by atoms with E-state index in [4.69, 9.17) is 24.3 Å². The number of hydrogen-bond acceptors (Lipinski definition) is 7. The molecule has 0 radical (unpaired) electrons. The Balaban J connectivity index is 0.000000493. The first kappa shape index (κ1) is 29.6. The summed E-state index contributed by atoms with van der Waals surface area (Å²) in [5.74, 6) is -3.04. The predicted molar refractivity (Wildman–Crippen MR) is 150 cm³/mol. The van der Waals surface area contributed by atoms with Crippen LogP contribution in [0.5, 0.6) is 5.75 Å². The van der Waals surface area contributed by atoms with Crippen LogP contribution in [0, 0.1) is 11.3 Å². The van der Waals surface area contributed by atoms with Crippen LogP contribution in [0.3, 0.4) is 0 Å². The second-order valence-electron chi connectivity index (χ2n) is 9.60. The summed E-state index contributed by atoms with van der Waals surface area (Å²) in [7, 11) is 0. The number of rotatable bonds is 4. The molecule has 3 N–H and O–H groups in total. The van der Waals surface area contributed by atoms with Crippen molar-refractivity contribution in [2.24, 2.45) is 0 Å². The molecule has 3 heterocycles. The number of alkyl halides is 3. The van der Waals surface area contributed by atoms with E-state index in [0.717, 1.165) is 16.7 Å². The van der Waals surface area contributed by atoms with Crippen molar-refractivity contribution < 1.29 is 37.0 Å². The Bertz CT molecular complexity index is 1940. The van der Waals surface area contributed by atoms with E-state index in [1.165, 1.54) is 0 Å². The van der Waals surface area contributed by atoms with E-state index >= 15 is 0 Å². The SMILES string of the molecule is N#Cc1ccc(-c2ccc([C@]3(NC(=O)c4ccc5oc(=O)[nH]c5c4)CCOc4cccnc43)cc2)cc1.O=C(O)C(F)(F)F. The van der Waals surface area contributed by atoms with E-state index in [-0.39, 0.29) is 5.91 Å². The molecule has 0 aliphatic carbocycles. The van der Waals surface area contributed by atoms with Crippen LogP contribution in [0.2, 0.25) is 0 Å². The molecule has 44 heavy (non-hydrogen) atoms. The summed E-state index contributed by atoms with van der Waals surface area (Å²) in [6, 6.07) is 25.9. The third kappa shape index (κ3) is 6.00. The topological polar surface area (TPSA) is 158 Å². The van der Waals surface area contributed by atoms with Gasteiger partial charge in [-0.3, -0.25) is 14.8 Å². The Labute approximate surface area is 246 Å². The van der Waals surface area contributed by atoms with Gasteiger partial charge in [0.05, 0.1) is 23.8 Å². The number of fused-ring (bicyclic) bond motifs is 2. The summed E-state index contributed by atoms with van der Waals surface area (Å²) in [5.41, 5.74) is 4.32. The van der Waals surface area contributed by atoms with Crippen molar-refractivity contribution in [2.75, 3.05) is 6.61 Å². The van der Waals surface area contributed by atoms with Gasteiger partial charge in [0.2, 0.25) is 0 Å². The molecule has 10 nitrogen and oxygen atoms in total. The first-order valence-corrected chi connectivity index (χ1v) is 12.9. The number of nitriles is 1. The van der Waals surface area contributed by atoms with Crippen LogP contribution in [0.25, 0.3) is 22.2 Å². The number of carboxylic acid groups (broad SMARTS) is 1. The van der Waals surface area contributed by atoms with Gasteiger partial charge in [0.25, 0.3) is 5.91 Å². The summed E-state index contributed by atoms with van der Waals surface area (Å²) in [6.45, 7) is 0.393. The number of pyridine rings is 1. The Morgan fingerprint density at radius 1 is 1.02 bits per heavy atom. The number of carbonyl (C=O) groups is 2. The van der Waals surface area contributed by atoms with Crippen molar-refractivity contribution >= 4 is 23.0 Å². The average Bonchev–Trinajstić information content (AvgIpc) is 3.40. The molecular formula is C31H21F3N4O6. The summed E-state index contributed by atoms with van der Waals surface area (Å²) in [5, 5.41) is 19.4. The van der Waals surface area contributed by atoms with Gasteiger partial charge in [-0.1, -0.05) is 36.4 Å². The minimum Gasteiger partial charge on any atom is -0.491 e. The Hall–Kier alpha value is -5.90. The first-order chi connectivity index (χ1) is 21.0. The van der Waals surface area contributed by atoms with E-state index < -0.39 is 23.4 Å². The molecule has 0 bridgehead atoms. The Morgan fingerprint density at radius 2 is 1.68 bits per heavy atom. The number of ether oxygens (including phenoxy) is 1. The van der Waals surface area contributed by atoms with Crippen molar-refractivity contribution in [3.63, 3.8) is 0 Å². The lowest BCUT2D eigenvalue weighted by atomic mass is 9.80. The fourth-order valence-corrected chi connectivity index (χ4v) is 4.78. The van der Waals surface area contributed by atoms with Crippen LogP contribution in [-0.2, 0) is 10.3 Å². The van der Waals surface area contributed by atoms with Gasteiger partial charge in [0.15, 0.2) is 5.58 Å². The summed E-state index contributed by atoms with van der Waals surface area (Å²) in [6.07, 6.45) is -2.93. The second-order valence-corrected chi connectivity index (χ2v) is 9.60. The smallest absolute Gasteiger partial charge is 0.490 e. The zero-order chi connectivity index (χ0) is 31.5. The molecule has 0 unspecified atom stereocenters. The van der Waals surface area contributed by atoms with E-state index in [1.807, 2.05) is 42.5 Å². The molecule has 0 saturated carbocycles. The molecule has 1 amide bonds. The fraction of sp³-hybridized carbons (Fsp3) is 0.129. The highest BCUT2D eigenvalue weighted by Crippen LogP contribution is 2.41. The summed E-state index contributed by atoms with van der Waals surface area (Å²) >= 11 is 0. The number of oxazole rings is 1. The van der Waals surface area contributed by atoms with Gasteiger partial charge in [0.1, 0.15) is 17.0 Å². The Morgan fingerprint density at radius 3 is 2.32 bits per heavy atom. The number of aromatic nitrogens is 2. The molecular weight excluding hydrogens is 581 g/mol. The van der Waals surface area contributed by atoms with E-state index in [1.54, 1.807) is 42.6 Å². The lowest BCUT2D eigenvalue weighted by Crippen LogP contribution is -2.50. The fourth-order valence-electron chi connectivity index (χ4n) is 4.78. The number of nitrogens with one attached hydrogen (secondary N) is 2. The van der Waals surface area contributed by atoms with Crippen molar-refractivity contribution in [1.82, 2.24) is 15.3 Å². The molecule has 0 saturated heterocycles. The lowest BCUT2D eigenvalue weighted by molar-refractivity contribution is -0.192. The van der Waals surface area contributed by atoms with E-state index in [2.05, 4.69) is 21.4 Å². The second kappa shape index (κ2) is 11.8. The molecule has 1 aliphatic heterocycles. The summed E-state index contributed by atoms with van der Waals surface area (Å²) < 4.78 is 42.7. The number of hydrogen-bond donors (Lipinski definition) is 3. The number of aliphatic carboxylic acids is 1. The Kier molecular flexibility index (Phi) is 7.91. The predicted octanol–water partition coefficient (Wildman–Crippen LogP) is 5.14. The molecule has 6 rings (SSSR count). The van der Waals surface area contributed by atoms with Crippen LogP contribution >= 0.6 is 0 Å². The molecule has 222 valence electrons. The lowest BCUT2D eigenvalue weighted by Gasteiger charge is -2.39. The molecule has 13 heteroatoms. The van der Waals surface area contributed by atoms with Crippen molar-refractivity contribution in [3.05, 3.63) is 118 Å². The number of aromatic amines is 1. The highest BCUT2D eigenvalue weighted by atomic mass is 19.4. The van der Waals surface area contributed by atoms with Gasteiger partial charge in [-0.25, -0.2) is 9.59 Å². The van der Waals surface area contributed by atoms with Gasteiger partial charge >= 0.3 is 17.9 Å². The highest BCUT2D eigenvalue weighted by molar-refractivity contribution is 5.98. The third-order valence-corrected chi connectivity index (χ3v) is 6.89. The molecule has 1 aliphatic rings. The van der Waals surface area contributed by atoms with Gasteiger partial charge in [0, 0.05) is 18.2 Å². The zero-order valence-electron chi connectivity index (χ0n) is 22.5. The third-order valence-electron chi connectivity index (χ3n) is 6.89. The number of nitrogens with zero attached hydrogens (tertiary/aromatic N) is 2. The molecule has 0 spiro atoms. The van der Waals surface area contributed by atoms with Crippen LogP contribution in [-0.4, -0.2) is 39.7 Å². The number of carbonyl (C=O) groups excluding carboxylic acids is 1. The van der Waals surface area contributed by atoms with Crippen LogP contribution < -0.4 is 15.8 Å². The van der Waals surface area contributed by atoms with Gasteiger partial charge in [-0.05, 0) is 59.2 Å². The van der Waals surface area contributed by atoms with Crippen LogP contribution in [0.1, 0.15) is 33.6 Å². The number of amides is 1. The molecule has 3 aromatic carbocycles.